The van der Waals surface area contributed by atoms with Gasteiger partial charge in [-0.1, -0.05) is 0 Å². The number of carboxylic acids is 5. The molecule has 2 amide bonds. The van der Waals surface area contributed by atoms with Gasteiger partial charge in [0, 0.05) is 13.1 Å². The molecule has 0 aromatic rings. The number of rotatable bonds is 15. The Hall–Kier alpha value is -4.00. The maximum Gasteiger partial charge on any atom is 0.490 e. The number of halogens is 3. The second-order valence-electron chi connectivity index (χ2n) is 7.38. The first-order valence-corrected chi connectivity index (χ1v) is 9.85. The average molecular weight is 550 g/mol. The average Bonchev–Trinajstić information content (AvgIpc) is 2.68. The normalized spacial score (nSPS) is 14.0. The number of hydrogen-bond acceptors (Lipinski definition) is 9. The fourth-order valence-electron chi connectivity index (χ4n) is 2.29. The molecule has 0 aliphatic carbocycles. The molecule has 0 aliphatic rings. The van der Waals surface area contributed by atoms with Crippen molar-refractivity contribution in [1.29, 1.82) is 0 Å². The Morgan fingerprint density at radius 1 is 0.541 bits per heavy atom. The predicted molar refractivity (Wildman–Crippen MR) is 108 cm³/mol. The molecule has 0 unspecified atom stereocenters. The van der Waals surface area contributed by atoms with Gasteiger partial charge in [-0.3, -0.25) is 19.2 Å². The molecule has 212 valence electrons. The first kappa shape index (κ1) is 35.2. The van der Waals surface area contributed by atoms with Crippen LogP contribution in [0.2, 0.25) is 0 Å². The van der Waals surface area contributed by atoms with Crippen LogP contribution in [-0.2, 0) is 33.6 Å². The van der Waals surface area contributed by atoms with Crippen LogP contribution in [0, 0.1) is 0 Å². The lowest BCUT2D eigenvalue weighted by atomic mass is 9.95. The minimum Gasteiger partial charge on any atom is -0.481 e. The third-order valence-electron chi connectivity index (χ3n) is 4.08. The van der Waals surface area contributed by atoms with Gasteiger partial charge in [-0.25, -0.2) is 14.4 Å². The van der Waals surface area contributed by atoms with E-state index in [2.05, 4.69) is 10.6 Å². The fourth-order valence-corrected chi connectivity index (χ4v) is 2.29. The van der Waals surface area contributed by atoms with Crippen LogP contribution in [0.25, 0.3) is 0 Å². The van der Waals surface area contributed by atoms with E-state index in [0.717, 1.165) is 0 Å². The standard InChI is InChI=1S/C16H24N2O12.C2HF3O2/c19-9(5-15(29,13(25)26)7-11(21)22)17-3-1-2-4-18-10(20)6-16(30,14(27)28)8-12(23)24;3-2(4,5)1(6)7/h29-30H,1-8H2,(H,17,19)(H,18,20)(H,21,22)(H,23,24)(H,25,26)(H,27,28);(H,6,7)/t15-,16-;/m1./s1. The number of nitrogens with one attached hydrogen (secondary N) is 2. The van der Waals surface area contributed by atoms with Crippen molar-refractivity contribution in [2.24, 2.45) is 0 Å². The summed E-state index contributed by atoms with van der Waals surface area (Å²) in [4.78, 5) is 75.3. The highest BCUT2D eigenvalue weighted by molar-refractivity contribution is 5.91. The number of hydrogen-bond donors (Lipinski definition) is 9. The van der Waals surface area contributed by atoms with Crippen molar-refractivity contribution >= 4 is 41.7 Å². The van der Waals surface area contributed by atoms with E-state index < -0.39 is 84.7 Å². The Morgan fingerprint density at radius 2 is 0.811 bits per heavy atom. The summed E-state index contributed by atoms with van der Waals surface area (Å²) in [7, 11) is 0. The molecule has 0 aromatic carbocycles. The SMILES string of the molecule is O=C(O)C(F)(F)F.O=C(O)C[C@](O)(CC(=O)NCCCCNC(=O)C[C@@](O)(CC(=O)O)C(=O)O)C(=O)O. The van der Waals surface area contributed by atoms with Gasteiger partial charge in [0.2, 0.25) is 11.8 Å². The predicted octanol–water partition coefficient (Wildman–Crippen LogP) is -2.01. The minimum atomic E-state index is -5.08. The Morgan fingerprint density at radius 3 is 1.00 bits per heavy atom. The molecule has 0 fully saturated rings. The molecule has 19 heteroatoms. The first-order valence-electron chi connectivity index (χ1n) is 9.85. The largest absolute Gasteiger partial charge is 0.490 e. The van der Waals surface area contributed by atoms with Crippen molar-refractivity contribution in [1.82, 2.24) is 10.6 Å². The number of amides is 2. The molecule has 0 heterocycles. The molecule has 16 nitrogen and oxygen atoms in total. The van der Waals surface area contributed by atoms with Crippen LogP contribution in [0.1, 0.15) is 38.5 Å². The zero-order valence-electron chi connectivity index (χ0n) is 18.8. The first-order chi connectivity index (χ1) is 16.7. The molecule has 0 bridgehead atoms. The molecular formula is C18H25F3N2O14. The van der Waals surface area contributed by atoms with Crippen molar-refractivity contribution in [3.05, 3.63) is 0 Å². The summed E-state index contributed by atoms with van der Waals surface area (Å²) >= 11 is 0. The molecule has 0 rings (SSSR count). The molecule has 2 atom stereocenters. The van der Waals surface area contributed by atoms with Gasteiger partial charge in [0.15, 0.2) is 11.2 Å². The lowest BCUT2D eigenvalue weighted by molar-refractivity contribution is -0.192. The number of carbonyl (C=O) groups excluding carboxylic acids is 2. The van der Waals surface area contributed by atoms with E-state index in [9.17, 15) is 52.2 Å². The summed E-state index contributed by atoms with van der Waals surface area (Å²) in [6.45, 7) is 0.0190. The second kappa shape index (κ2) is 15.2. The summed E-state index contributed by atoms with van der Waals surface area (Å²) in [5, 5.41) is 66.1. The van der Waals surface area contributed by atoms with E-state index in [1.54, 1.807) is 0 Å². The number of aliphatic carboxylic acids is 5. The topological polar surface area (TPSA) is 285 Å². The lowest BCUT2D eigenvalue weighted by Crippen LogP contribution is -2.45. The van der Waals surface area contributed by atoms with Gasteiger partial charge in [0.1, 0.15) is 0 Å². The highest BCUT2D eigenvalue weighted by Gasteiger charge is 2.41. The van der Waals surface area contributed by atoms with Crippen LogP contribution in [0.15, 0.2) is 0 Å². The summed E-state index contributed by atoms with van der Waals surface area (Å²) in [6.07, 6.45) is -8.80. The van der Waals surface area contributed by atoms with E-state index in [-0.39, 0.29) is 25.9 Å². The van der Waals surface area contributed by atoms with Crippen molar-refractivity contribution in [3.8, 4) is 0 Å². The molecule has 0 aliphatic heterocycles. The molecule has 9 N–H and O–H groups in total. The summed E-state index contributed by atoms with van der Waals surface area (Å²) in [5.74, 6) is -11.5. The Balaban J connectivity index is 0. The quantitative estimate of drug-likeness (QED) is 0.0997. The van der Waals surface area contributed by atoms with Gasteiger partial charge in [-0.2, -0.15) is 13.2 Å². The van der Waals surface area contributed by atoms with Crippen molar-refractivity contribution in [3.63, 3.8) is 0 Å². The van der Waals surface area contributed by atoms with Crippen molar-refractivity contribution in [2.75, 3.05) is 13.1 Å². The number of aliphatic hydroxyl groups is 2. The highest BCUT2D eigenvalue weighted by Crippen LogP contribution is 2.17. The van der Waals surface area contributed by atoms with E-state index >= 15 is 0 Å². The number of unbranched alkanes of at least 4 members (excludes halogenated alkanes) is 1. The number of carbonyl (C=O) groups is 7. The van der Waals surface area contributed by atoms with Crippen LogP contribution in [-0.4, -0.2) is 108 Å². The minimum absolute atomic E-state index is 0.00948. The van der Waals surface area contributed by atoms with Crippen LogP contribution in [0.5, 0.6) is 0 Å². The van der Waals surface area contributed by atoms with Gasteiger partial charge >= 0.3 is 36.0 Å². The van der Waals surface area contributed by atoms with Crippen molar-refractivity contribution in [2.45, 2.75) is 55.9 Å². The molecule has 0 saturated heterocycles. The highest BCUT2D eigenvalue weighted by atomic mass is 19.4. The fraction of sp³-hybridized carbons (Fsp3) is 0.611. The molecule has 0 radical (unpaired) electrons. The van der Waals surface area contributed by atoms with Crippen LogP contribution in [0.3, 0.4) is 0 Å². The van der Waals surface area contributed by atoms with Gasteiger partial charge < -0.3 is 46.4 Å². The Bertz CT molecular complexity index is 820. The number of alkyl halides is 3. The molecule has 0 spiro atoms. The van der Waals surface area contributed by atoms with E-state index in [1.165, 1.54) is 0 Å². The monoisotopic (exact) mass is 550 g/mol. The zero-order valence-corrected chi connectivity index (χ0v) is 18.8. The van der Waals surface area contributed by atoms with Crippen LogP contribution < -0.4 is 10.6 Å². The van der Waals surface area contributed by atoms with Crippen molar-refractivity contribution < 1.29 is 82.5 Å². The third kappa shape index (κ3) is 15.6. The molecule has 0 saturated carbocycles. The molecular weight excluding hydrogens is 525 g/mol. The summed E-state index contributed by atoms with van der Waals surface area (Å²) in [5.41, 5.74) is -5.50. The van der Waals surface area contributed by atoms with E-state index in [1.807, 2.05) is 0 Å². The lowest BCUT2D eigenvalue weighted by Gasteiger charge is -2.21. The smallest absolute Gasteiger partial charge is 0.481 e. The molecule has 0 aromatic heterocycles. The maximum atomic E-state index is 11.7. The Labute approximate surface area is 204 Å². The maximum absolute atomic E-state index is 11.7. The molecule has 37 heavy (non-hydrogen) atoms. The Kier molecular flexibility index (Phi) is 14.4. The summed E-state index contributed by atoms with van der Waals surface area (Å²) < 4.78 is 31.7. The number of carboxylic acid groups (broad SMARTS) is 5. The van der Waals surface area contributed by atoms with Gasteiger partial charge in [-0.15, -0.1) is 0 Å². The summed E-state index contributed by atoms with van der Waals surface area (Å²) in [6, 6.07) is 0. The second-order valence-corrected chi connectivity index (χ2v) is 7.38. The van der Waals surface area contributed by atoms with Crippen LogP contribution in [0.4, 0.5) is 13.2 Å². The van der Waals surface area contributed by atoms with Crippen LogP contribution >= 0.6 is 0 Å². The zero-order chi connectivity index (χ0) is 29.6. The van der Waals surface area contributed by atoms with E-state index in [4.69, 9.17) is 30.3 Å². The van der Waals surface area contributed by atoms with Gasteiger partial charge in [0.25, 0.3) is 0 Å². The third-order valence-corrected chi connectivity index (χ3v) is 4.08. The van der Waals surface area contributed by atoms with E-state index in [0.29, 0.717) is 0 Å². The van der Waals surface area contributed by atoms with Gasteiger partial charge in [-0.05, 0) is 12.8 Å². The van der Waals surface area contributed by atoms with Gasteiger partial charge in [0.05, 0.1) is 25.7 Å².